The van der Waals surface area contributed by atoms with Crippen LogP contribution in [-0.4, -0.2) is 30.9 Å². The van der Waals surface area contributed by atoms with Crippen LogP contribution in [0.1, 0.15) is 0 Å². The number of nitro benzene ring substituents is 1. The van der Waals surface area contributed by atoms with Crippen LogP contribution in [-0.2, 0) is 20.2 Å². The van der Waals surface area contributed by atoms with Crippen molar-refractivity contribution < 1.29 is 30.9 Å². The lowest BCUT2D eigenvalue weighted by Crippen LogP contribution is -2.04. The zero-order chi connectivity index (χ0) is 16.0. The molecule has 0 amide bonds. The van der Waals surface area contributed by atoms with Gasteiger partial charge in [-0.3, -0.25) is 10.1 Å². The predicted molar refractivity (Wildman–Crippen MR) is 66.5 cm³/mol. The first kappa shape index (κ1) is 15.3. The smallest absolute Gasteiger partial charge is 0.271 e. The fraction of sp³-hybridized carbons (Fsp3) is 0. The molecule has 0 atom stereocenters. The molecule has 0 saturated heterocycles. The highest BCUT2D eigenvalue weighted by Crippen LogP contribution is 2.32. The molecule has 0 aliphatic heterocycles. The minimum Gasteiger partial charge on any atom is -0.744 e. The fourth-order valence-electron chi connectivity index (χ4n) is 1.84. The van der Waals surface area contributed by atoms with Gasteiger partial charge < -0.3 is 9.11 Å². The molecular weight excluding hydrogens is 326 g/mol. The first-order valence-electron chi connectivity index (χ1n) is 5.15. The third-order valence-corrected chi connectivity index (χ3v) is 4.42. The molecule has 0 aliphatic carbocycles. The Hall–Kier alpha value is -2.08. The molecule has 0 unspecified atom stereocenters. The van der Waals surface area contributed by atoms with Crippen molar-refractivity contribution in [3.05, 3.63) is 40.4 Å². The van der Waals surface area contributed by atoms with Crippen molar-refractivity contribution in [2.24, 2.45) is 0 Å². The summed E-state index contributed by atoms with van der Waals surface area (Å²) in [5, 5.41) is 9.91. The molecule has 0 bridgehead atoms. The van der Waals surface area contributed by atoms with E-state index in [1.807, 2.05) is 0 Å². The normalized spacial score (nSPS) is 12.5. The van der Waals surface area contributed by atoms with Gasteiger partial charge in [0, 0.05) is 22.9 Å². The van der Waals surface area contributed by atoms with Crippen LogP contribution in [0.25, 0.3) is 10.8 Å². The lowest BCUT2D eigenvalue weighted by atomic mass is 10.1. The summed E-state index contributed by atoms with van der Waals surface area (Å²) in [6, 6.07) is 4.27. The summed E-state index contributed by atoms with van der Waals surface area (Å²) in [6.07, 6.45) is 0. The Bertz CT molecular complexity index is 962. The molecule has 2 aromatic carbocycles. The van der Waals surface area contributed by atoms with Gasteiger partial charge in [-0.05, 0) is 6.07 Å². The molecule has 0 saturated carbocycles. The molecule has 21 heavy (non-hydrogen) atoms. The van der Waals surface area contributed by atoms with Gasteiger partial charge in [-0.2, -0.15) is 0 Å². The number of fused-ring (bicyclic) bond motifs is 1. The molecule has 0 spiro atoms. The van der Waals surface area contributed by atoms with Gasteiger partial charge in [-0.15, -0.1) is 0 Å². The SMILES string of the molecule is O=[N+]([O-])c1cc(S(=O)(=O)[O-])c2cccc(S(=O)(=O)[O-])c2c1. The molecule has 0 N–H and O–H groups in total. The summed E-state index contributed by atoms with van der Waals surface area (Å²) in [4.78, 5) is 7.97. The fourth-order valence-corrected chi connectivity index (χ4v) is 3.24. The van der Waals surface area contributed by atoms with Crippen LogP contribution in [0.15, 0.2) is 40.1 Å². The van der Waals surface area contributed by atoms with Crippen molar-refractivity contribution in [2.45, 2.75) is 9.79 Å². The molecule has 11 heteroatoms. The zero-order valence-electron chi connectivity index (χ0n) is 9.92. The number of rotatable bonds is 3. The maximum atomic E-state index is 11.2. The van der Waals surface area contributed by atoms with Gasteiger partial charge in [-0.25, -0.2) is 16.8 Å². The Morgan fingerprint density at radius 1 is 0.857 bits per heavy atom. The minimum absolute atomic E-state index is 0.368. The largest absolute Gasteiger partial charge is 0.744 e. The van der Waals surface area contributed by atoms with E-state index < -0.39 is 46.0 Å². The summed E-state index contributed by atoms with van der Waals surface area (Å²) in [5.41, 5.74) is -0.812. The summed E-state index contributed by atoms with van der Waals surface area (Å²) in [5.74, 6) is 0. The van der Waals surface area contributed by atoms with Gasteiger partial charge in [0.25, 0.3) is 5.69 Å². The molecule has 0 heterocycles. The molecule has 0 aliphatic rings. The maximum Gasteiger partial charge on any atom is 0.271 e. The van der Waals surface area contributed by atoms with Gasteiger partial charge in [0.15, 0.2) is 0 Å². The summed E-state index contributed by atoms with van der Waals surface area (Å²) in [7, 11) is -10.1. The van der Waals surface area contributed by atoms with Crippen LogP contribution >= 0.6 is 0 Å². The van der Waals surface area contributed by atoms with Crippen molar-refractivity contribution in [1.29, 1.82) is 0 Å². The van der Waals surface area contributed by atoms with E-state index in [0.717, 1.165) is 24.3 Å². The Kier molecular flexibility index (Phi) is 3.45. The highest BCUT2D eigenvalue weighted by atomic mass is 32.2. The van der Waals surface area contributed by atoms with Gasteiger partial charge in [0.2, 0.25) is 0 Å². The number of nitrogens with zero attached hydrogens (tertiary/aromatic N) is 1. The van der Waals surface area contributed by atoms with Gasteiger partial charge in [0.1, 0.15) is 20.2 Å². The van der Waals surface area contributed by atoms with E-state index in [2.05, 4.69) is 0 Å². The molecule has 2 rings (SSSR count). The van der Waals surface area contributed by atoms with Crippen molar-refractivity contribution in [1.82, 2.24) is 0 Å². The molecule has 2 aromatic rings. The Morgan fingerprint density at radius 2 is 1.43 bits per heavy atom. The second-order valence-electron chi connectivity index (χ2n) is 3.96. The second-order valence-corrected chi connectivity index (χ2v) is 6.66. The first-order chi connectivity index (χ1) is 9.51. The highest BCUT2D eigenvalue weighted by molar-refractivity contribution is 7.86. The number of benzene rings is 2. The van der Waals surface area contributed by atoms with Crippen LogP contribution in [0.4, 0.5) is 5.69 Å². The van der Waals surface area contributed by atoms with E-state index in [1.165, 1.54) is 0 Å². The molecule has 0 fully saturated rings. The molecule has 0 radical (unpaired) electrons. The quantitative estimate of drug-likeness (QED) is 0.448. The molecule has 9 nitrogen and oxygen atoms in total. The van der Waals surface area contributed by atoms with E-state index in [0.29, 0.717) is 6.07 Å². The van der Waals surface area contributed by atoms with Crippen LogP contribution in [0, 0.1) is 10.1 Å². The average molecular weight is 331 g/mol. The highest BCUT2D eigenvalue weighted by Gasteiger charge is 2.19. The van der Waals surface area contributed by atoms with Crippen molar-refractivity contribution in [3.63, 3.8) is 0 Å². The summed E-state index contributed by atoms with van der Waals surface area (Å²) < 4.78 is 66.9. The lowest BCUT2D eigenvalue weighted by Gasteiger charge is -2.14. The third-order valence-electron chi connectivity index (χ3n) is 2.65. The van der Waals surface area contributed by atoms with E-state index >= 15 is 0 Å². The van der Waals surface area contributed by atoms with Gasteiger partial charge >= 0.3 is 0 Å². The summed E-state index contributed by atoms with van der Waals surface area (Å²) >= 11 is 0. The van der Waals surface area contributed by atoms with E-state index in [-0.39, 0.29) is 5.39 Å². The number of nitro groups is 1. The third kappa shape index (κ3) is 2.85. The van der Waals surface area contributed by atoms with E-state index in [9.17, 15) is 36.1 Å². The standard InChI is InChI=1S/C10H7NO8S2/c12-11(13)6-4-8-7(10(5-6)21(17,18)19)2-1-3-9(8)20(14,15)16/h1-5H,(H,14,15,16)(H,17,18,19)/p-2. The van der Waals surface area contributed by atoms with Crippen LogP contribution < -0.4 is 0 Å². The monoisotopic (exact) mass is 331 g/mol. The Balaban J connectivity index is 3.10. The lowest BCUT2D eigenvalue weighted by molar-refractivity contribution is -0.384. The van der Waals surface area contributed by atoms with Crippen LogP contribution in [0.3, 0.4) is 0 Å². The maximum absolute atomic E-state index is 11.2. The molecular formula is C10H5NO8S2-2. The van der Waals surface area contributed by atoms with Gasteiger partial charge in [0.05, 0.1) is 14.7 Å². The topological polar surface area (TPSA) is 158 Å². The van der Waals surface area contributed by atoms with E-state index in [1.54, 1.807) is 0 Å². The first-order valence-corrected chi connectivity index (χ1v) is 7.96. The number of hydrogen-bond acceptors (Lipinski definition) is 8. The van der Waals surface area contributed by atoms with Gasteiger partial charge in [-0.1, -0.05) is 12.1 Å². The van der Waals surface area contributed by atoms with Crippen LogP contribution in [0.5, 0.6) is 0 Å². The minimum atomic E-state index is -5.10. The van der Waals surface area contributed by atoms with Crippen molar-refractivity contribution >= 4 is 36.7 Å². The zero-order valence-corrected chi connectivity index (χ0v) is 11.5. The predicted octanol–water partition coefficient (Wildman–Crippen LogP) is 0.556. The Labute approximate surface area is 118 Å². The van der Waals surface area contributed by atoms with E-state index in [4.69, 9.17) is 0 Å². The Morgan fingerprint density at radius 3 is 1.90 bits per heavy atom. The number of non-ortho nitro benzene ring substituents is 1. The van der Waals surface area contributed by atoms with Crippen LogP contribution in [0.2, 0.25) is 0 Å². The van der Waals surface area contributed by atoms with Crippen molar-refractivity contribution in [3.8, 4) is 0 Å². The van der Waals surface area contributed by atoms with Crippen molar-refractivity contribution in [2.75, 3.05) is 0 Å². The number of hydrogen-bond donors (Lipinski definition) is 0. The second kappa shape index (κ2) is 4.73. The summed E-state index contributed by atoms with van der Waals surface area (Å²) in [6.45, 7) is 0. The molecule has 0 aromatic heterocycles. The molecule has 112 valence electrons. The average Bonchev–Trinajstić information content (AvgIpc) is 2.34.